The standard InChI is InChI=1S/C13H17NO2S/c1-16-10-7-6-9(8-10)14-13(15)11-4-2-3-5-12(11)17/h2-5,9-10,17H,6-8H2,1H3,(H,14,15). The lowest BCUT2D eigenvalue weighted by molar-refractivity contribution is 0.0912. The molecular formula is C13H17NO2S. The van der Waals surface area contributed by atoms with Crippen molar-refractivity contribution < 1.29 is 9.53 Å². The molecule has 1 aromatic carbocycles. The highest BCUT2D eigenvalue weighted by Gasteiger charge is 2.26. The molecule has 0 spiro atoms. The molecular weight excluding hydrogens is 234 g/mol. The number of methoxy groups -OCH3 is 1. The summed E-state index contributed by atoms with van der Waals surface area (Å²) in [5, 5.41) is 3.03. The summed E-state index contributed by atoms with van der Waals surface area (Å²) in [5.41, 5.74) is 0.636. The predicted molar refractivity (Wildman–Crippen MR) is 69.6 cm³/mol. The van der Waals surface area contributed by atoms with E-state index in [1.807, 2.05) is 18.2 Å². The first-order valence-electron chi connectivity index (χ1n) is 5.82. The van der Waals surface area contributed by atoms with Crippen LogP contribution in [0.4, 0.5) is 0 Å². The number of nitrogens with one attached hydrogen (secondary N) is 1. The number of hydrogen-bond donors (Lipinski definition) is 2. The molecule has 0 radical (unpaired) electrons. The Morgan fingerprint density at radius 2 is 2.18 bits per heavy atom. The normalized spacial score (nSPS) is 23.6. The molecule has 1 aromatic rings. The summed E-state index contributed by atoms with van der Waals surface area (Å²) in [4.78, 5) is 12.7. The molecule has 1 N–H and O–H groups in total. The summed E-state index contributed by atoms with van der Waals surface area (Å²) in [6.07, 6.45) is 3.19. The highest BCUT2D eigenvalue weighted by Crippen LogP contribution is 2.22. The number of carbonyl (C=O) groups is 1. The van der Waals surface area contributed by atoms with Crippen molar-refractivity contribution in [3.05, 3.63) is 29.8 Å². The molecule has 0 saturated heterocycles. The molecule has 0 heterocycles. The Bertz CT molecular complexity index is 408. The zero-order valence-electron chi connectivity index (χ0n) is 9.85. The van der Waals surface area contributed by atoms with Crippen LogP contribution in [-0.4, -0.2) is 25.2 Å². The number of thiol groups is 1. The van der Waals surface area contributed by atoms with Crippen molar-refractivity contribution in [2.45, 2.75) is 36.3 Å². The number of hydrogen-bond acceptors (Lipinski definition) is 3. The van der Waals surface area contributed by atoms with Crippen molar-refractivity contribution in [1.29, 1.82) is 0 Å². The monoisotopic (exact) mass is 251 g/mol. The van der Waals surface area contributed by atoms with E-state index >= 15 is 0 Å². The van der Waals surface area contributed by atoms with Gasteiger partial charge >= 0.3 is 0 Å². The van der Waals surface area contributed by atoms with Crippen molar-refractivity contribution in [2.75, 3.05) is 7.11 Å². The minimum absolute atomic E-state index is 0.0441. The van der Waals surface area contributed by atoms with Crippen LogP contribution in [-0.2, 0) is 4.74 Å². The Hall–Kier alpha value is -1.00. The molecule has 2 rings (SSSR count). The third-order valence-corrected chi connectivity index (χ3v) is 3.59. The van der Waals surface area contributed by atoms with Gasteiger partial charge < -0.3 is 10.1 Å². The zero-order chi connectivity index (χ0) is 12.3. The molecule has 1 saturated carbocycles. The van der Waals surface area contributed by atoms with Gasteiger partial charge in [-0.05, 0) is 31.4 Å². The van der Waals surface area contributed by atoms with Crippen LogP contribution in [0.15, 0.2) is 29.2 Å². The molecule has 0 bridgehead atoms. The summed E-state index contributed by atoms with van der Waals surface area (Å²) < 4.78 is 5.29. The van der Waals surface area contributed by atoms with E-state index in [1.54, 1.807) is 13.2 Å². The molecule has 17 heavy (non-hydrogen) atoms. The van der Waals surface area contributed by atoms with Crippen LogP contribution in [0.5, 0.6) is 0 Å². The van der Waals surface area contributed by atoms with Gasteiger partial charge in [-0.15, -0.1) is 12.6 Å². The average Bonchev–Trinajstić information content (AvgIpc) is 2.77. The second-order valence-corrected chi connectivity index (χ2v) is 4.84. The van der Waals surface area contributed by atoms with Crippen molar-refractivity contribution in [3.63, 3.8) is 0 Å². The average molecular weight is 251 g/mol. The van der Waals surface area contributed by atoms with E-state index in [0.29, 0.717) is 10.5 Å². The Morgan fingerprint density at radius 1 is 1.41 bits per heavy atom. The first-order valence-corrected chi connectivity index (χ1v) is 6.27. The number of ether oxygens (including phenoxy) is 1. The molecule has 1 fully saturated rings. The van der Waals surface area contributed by atoms with Crippen molar-refractivity contribution in [2.24, 2.45) is 0 Å². The molecule has 0 aliphatic heterocycles. The van der Waals surface area contributed by atoms with E-state index in [4.69, 9.17) is 4.74 Å². The van der Waals surface area contributed by atoms with Gasteiger partial charge in [-0.1, -0.05) is 12.1 Å². The van der Waals surface area contributed by atoms with Gasteiger partial charge in [0.25, 0.3) is 5.91 Å². The van der Waals surface area contributed by atoms with Crippen molar-refractivity contribution in [3.8, 4) is 0 Å². The fourth-order valence-electron chi connectivity index (χ4n) is 2.21. The maximum Gasteiger partial charge on any atom is 0.252 e. The summed E-state index contributed by atoms with van der Waals surface area (Å²) in [5.74, 6) is -0.0441. The summed E-state index contributed by atoms with van der Waals surface area (Å²) >= 11 is 4.28. The lowest BCUT2D eigenvalue weighted by Crippen LogP contribution is -2.33. The highest BCUT2D eigenvalue weighted by atomic mass is 32.1. The van der Waals surface area contributed by atoms with E-state index in [9.17, 15) is 4.79 Å². The Balaban J connectivity index is 1.96. The molecule has 1 aliphatic rings. The maximum atomic E-state index is 12.0. The van der Waals surface area contributed by atoms with E-state index < -0.39 is 0 Å². The molecule has 92 valence electrons. The van der Waals surface area contributed by atoms with Crippen LogP contribution >= 0.6 is 12.6 Å². The van der Waals surface area contributed by atoms with Gasteiger partial charge in [-0.25, -0.2) is 0 Å². The molecule has 2 unspecified atom stereocenters. The first-order chi connectivity index (χ1) is 8.20. The minimum Gasteiger partial charge on any atom is -0.381 e. The first kappa shape index (κ1) is 12.5. The van der Waals surface area contributed by atoms with Gasteiger partial charge in [0, 0.05) is 18.0 Å². The van der Waals surface area contributed by atoms with Gasteiger partial charge in [-0.3, -0.25) is 4.79 Å². The van der Waals surface area contributed by atoms with E-state index in [-0.39, 0.29) is 18.1 Å². The fraction of sp³-hybridized carbons (Fsp3) is 0.462. The van der Waals surface area contributed by atoms with Crippen molar-refractivity contribution >= 4 is 18.5 Å². The molecule has 4 heteroatoms. The smallest absolute Gasteiger partial charge is 0.252 e. The van der Waals surface area contributed by atoms with E-state index in [1.165, 1.54) is 0 Å². The molecule has 2 atom stereocenters. The van der Waals surface area contributed by atoms with Crippen molar-refractivity contribution in [1.82, 2.24) is 5.32 Å². The van der Waals surface area contributed by atoms with Gasteiger partial charge in [0.1, 0.15) is 0 Å². The largest absolute Gasteiger partial charge is 0.381 e. The van der Waals surface area contributed by atoms with Crippen LogP contribution in [0.2, 0.25) is 0 Å². The summed E-state index contributed by atoms with van der Waals surface area (Å²) in [6.45, 7) is 0. The quantitative estimate of drug-likeness (QED) is 0.809. The van der Waals surface area contributed by atoms with Crippen LogP contribution in [0.1, 0.15) is 29.6 Å². The van der Waals surface area contributed by atoms with Gasteiger partial charge in [0.15, 0.2) is 0 Å². The van der Waals surface area contributed by atoms with E-state index in [0.717, 1.165) is 19.3 Å². The summed E-state index contributed by atoms with van der Waals surface area (Å²) in [6, 6.07) is 7.56. The maximum absolute atomic E-state index is 12.0. The lowest BCUT2D eigenvalue weighted by Gasteiger charge is -2.13. The molecule has 3 nitrogen and oxygen atoms in total. The van der Waals surface area contributed by atoms with E-state index in [2.05, 4.69) is 17.9 Å². The number of carbonyl (C=O) groups excluding carboxylic acids is 1. The third kappa shape index (κ3) is 3.01. The van der Waals surface area contributed by atoms with Crippen LogP contribution in [0.25, 0.3) is 0 Å². The highest BCUT2D eigenvalue weighted by molar-refractivity contribution is 7.80. The second-order valence-electron chi connectivity index (χ2n) is 4.36. The Kier molecular flexibility index (Phi) is 4.07. The van der Waals surface area contributed by atoms with Gasteiger partial charge in [0.2, 0.25) is 0 Å². The minimum atomic E-state index is -0.0441. The number of rotatable bonds is 3. The van der Waals surface area contributed by atoms with Gasteiger partial charge in [-0.2, -0.15) is 0 Å². The number of benzene rings is 1. The fourth-order valence-corrected chi connectivity index (χ4v) is 2.48. The SMILES string of the molecule is COC1CCC(NC(=O)c2ccccc2S)C1. The molecule has 0 aromatic heterocycles. The number of amides is 1. The van der Waals surface area contributed by atoms with Crippen LogP contribution in [0, 0.1) is 0 Å². The molecule has 1 aliphatic carbocycles. The van der Waals surface area contributed by atoms with Crippen LogP contribution < -0.4 is 5.32 Å². The second kappa shape index (κ2) is 5.56. The predicted octanol–water partition coefficient (Wildman–Crippen LogP) is 2.27. The lowest BCUT2D eigenvalue weighted by atomic mass is 10.2. The third-order valence-electron chi connectivity index (χ3n) is 3.20. The molecule has 1 amide bonds. The zero-order valence-corrected chi connectivity index (χ0v) is 10.7. The topological polar surface area (TPSA) is 38.3 Å². The van der Waals surface area contributed by atoms with Gasteiger partial charge in [0.05, 0.1) is 11.7 Å². The Labute approximate surface area is 107 Å². The van der Waals surface area contributed by atoms with Crippen LogP contribution in [0.3, 0.4) is 0 Å². The Morgan fingerprint density at radius 3 is 2.82 bits per heavy atom. The summed E-state index contributed by atoms with van der Waals surface area (Å²) in [7, 11) is 1.72.